The van der Waals surface area contributed by atoms with Gasteiger partial charge in [-0.3, -0.25) is 24.6 Å². The van der Waals surface area contributed by atoms with Crippen LogP contribution in [-0.2, 0) is 16.0 Å². The van der Waals surface area contributed by atoms with Crippen LogP contribution in [0.3, 0.4) is 0 Å². The summed E-state index contributed by atoms with van der Waals surface area (Å²) in [7, 11) is 0. The zero-order valence-corrected chi connectivity index (χ0v) is 32.9. The summed E-state index contributed by atoms with van der Waals surface area (Å²) in [4.78, 5) is 48.6. The quantitative estimate of drug-likeness (QED) is 0.201. The lowest BCUT2D eigenvalue weighted by atomic mass is 9.57. The predicted octanol–water partition coefficient (Wildman–Crippen LogP) is 5.76. The van der Waals surface area contributed by atoms with Gasteiger partial charge in [0.1, 0.15) is 29.8 Å². The molecule has 3 amide bonds. The molecule has 11 heteroatoms. The summed E-state index contributed by atoms with van der Waals surface area (Å²) in [6.45, 7) is 6.70. The van der Waals surface area contributed by atoms with Crippen LogP contribution in [0, 0.1) is 11.3 Å². The first-order valence-electron chi connectivity index (χ1n) is 21.3. The number of aryl methyl sites for hydroxylation is 1. The molecule has 300 valence electrons. The Morgan fingerprint density at radius 1 is 0.897 bits per heavy atom. The molecule has 6 aliphatic rings. The van der Waals surface area contributed by atoms with E-state index in [0.29, 0.717) is 29.6 Å². The van der Waals surface area contributed by atoms with Crippen LogP contribution in [-0.4, -0.2) is 90.7 Å². The fourth-order valence-electron chi connectivity index (χ4n) is 11.1. The number of nitrogens with one attached hydrogen (secondary N) is 2. The average molecular weight is 781 g/mol. The van der Waals surface area contributed by atoms with E-state index < -0.39 is 17.9 Å². The minimum atomic E-state index is -0.748. The summed E-state index contributed by atoms with van der Waals surface area (Å²) < 4.78 is 6.12. The van der Waals surface area contributed by atoms with Gasteiger partial charge in [-0.2, -0.15) is 0 Å². The molecule has 4 aromatic rings. The van der Waals surface area contributed by atoms with Crippen LogP contribution in [0.4, 0.5) is 11.4 Å². The lowest BCUT2D eigenvalue weighted by Gasteiger charge is -2.54. The summed E-state index contributed by atoms with van der Waals surface area (Å²) in [6, 6.07) is 29.4. The highest BCUT2D eigenvalue weighted by atomic mass is 16.5. The number of aromatic hydroxyl groups is 1. The lowest BCUT2D eigenvalue weighted by molar-refractivity contribution is -0.134. The first-order valence-corrected chi connectivity index (χ1v) is 21.3. The molecule has 58 heavy (non-hydrogen) atoms. The van der Waals surface area contributed by atoms with Crippen molar-refractivity contribution in [2.24, 2.45) is 11.3 Å². The summed E-state index contributed by atoms with van der Waals surface area (Å²) in [5.74, 6) is 0.964. The molecule has 2 aliphatic carbocycles. The first-order chi connectivity index (χ1) is 28.3. The van der Waals surface area contributed by atoms with Crippen molar-refractivity contribution in [1.29, 1.82) is 0 Å². The fraction of sp³-hybridized carbons (Fsp3) is 0.447. The molecular weight excluding hydrogens is 729 g/mol. The Hall–Kier alpha value is -5.42. The van der Waals surface area contributed by atoms with Gasteiger partial charge in [-0.25, -0.2) is 4.98 Å². The monoisotopic (exact) mass is 780 g/mol. The third kappa shape index (κ3) is 7.07. The number of benzene rings is 3. The number of phenols is 1. The minimum absolute atomic E-state index is 0.198. The maximum absolute atomic E-state index is 12.9. The number of phenolic OH excluding ortho intramolecular Hbond substituents is 1. The van der Waals surface area contributed by atoms with E-state index >= 15 is 0 Å². The molecule has 3 aromatic carbocycles. The normalized spacial score (nSPS) is 25.4. The number of piperazine rings is 1. The largest absolute Gasteiger partial charge is 0.508 e. The molecular formula is C47H52N6O5. The van der Waals surface area contributed by atoms with Crippen molar-refractivity contribution in [3.63, 3.8) is 0 Å². The van der Waals surface area contributed by atoms with Crippen LogP contribution >= 0.6 is 0 Å². The number of amides is 3. The van der Waals surface area contributed by atoms with Crippen LogP contribution in [0.1, 0.15) is 89.5 Å². The Morgan fingerprint density at radius 2 is 1.71 bits per heavy atom. The average Bonchev–Trinajstić information content (AvgIpc) is 3.24. The molecule has 0 radical (unpaired) electrons. The Morgan fingerprint density at radius 3 is 2.50 bits per heavy atom. The maximum atomic E-state index is 12.9. The van der Waals surface area contributed by atoms with E-state index in [1.807, 2.05) is 18.2 Å². The first kappa shape index (κ1) is 36.9. The minimum Gasteiger partial charge on any atom is -0.508 e. The number of carbonyl (C=O) groups excluding carboxylic acids is 3. The van der Waals surface area contributed by atoms with Gasteiger partial charge in [0.05, 0.1) is 6.04 Å². The van der Waals surface area contributed by atoms with Crippen molar-refractivity contribution >= 4 is 29.1 Å². The molecule has 11 nitrogen and oxygen atoms in total. The van der Waals surface area contributed by atoms with E-state index in [9.17, 15) is 19.5 Å². The summed E-state index contributed by atoms with van der Waals surface area (Å²) in [5, 5.41) is 15.2. The molecule has 4 atom stereocenters. The Kier molecular flexibility index (Phi) is 9.58. The molecule has 3 N–H and O–H groups in total. The molecule has 0 bridgehead atoms. The van der Waals surface area contributed by atoms with Crippen molar-refractivity contribution in [3.05, 3.63) is 113 Å². The van der Waals surface area contributed by atoms with Crippen molar-refractivity contribution in [1.82, 2.24) is 20.5 Å². The number of imide groups is 1. The number of anilines is 2. The lowest BCUT2D eigenvalue weighted by Crippen LogP contribution is -2.59. The summed E-state index contributed by atoms with van der Waals surface area (Å²) >= 11 is 0. The Bertz CT molecular complexity index is 2200. The zero-order valence-electron chi connectivity index (χ0n) is 32.9. The Labute approximate surface area is 339 Å². The second kappa shape index (κ2) is 15.1. The predicted molar refractivity (Wildman–Crippen MR) is 221 cm³/mol. The zero-order chi connectivity index (χ0) is 39.4. The third-order valence-electron chi connectivity index (χ3n) is 14.1. The molecule has 1 spiro atoms. The van der Waals surface area contributed by atoms with Crippen LogP contribution in [0.15, 0.2) is 84.9 Å². The molecule has 4 aliphatic heterocycles. The van der Waals surface area contributed by atoms with Gasteiger partial charge in [-0.1, -0.05) is 48.5 Å². The van der Waals surface area contributed by atoms with Crippen molar-refractivity contribution in [2.45, 2.75) is 75.3 Å². The van der Waals surface area contributed by atoms with Gasteiger partial charge in [0.2, 0.25) is 17.7 Å². The molecule has 1 saturated carbocycles. The number of fused-ring (bicyclic) bond motifs is 4. The number of aromatic nitrogens is 1. The molecule has 4 fully saturated rings. The number of pyridine rings is 1. The summed E-state index contributed by atoms with van der Waals surface area (Å²) in [6.07, 6.45) is 7.66. The smallest absolute Gasteiger partial charge is 0.270 e. The number of rotatable bonds is 7. The van der Waals surface area contributed by atoms with Crippen molar-refractivity contribution in [3.8, 4) is 11.6 Å². The van der Waals surface area contributed by atoms with Gasteiger partial charge in [0, 0.05) is 57.3 Å². The van der Waals surface area contributed by atoms with Gasteiger partial charge < -0.3 is 25.0 Å². The standard InChI is InChI=1S/C47H52N6O5/c54-36-11-13-38-33(24-36)8-12-37(31-4-2-1-3-5-31)43(38)32-6-9-34(10-7-32)52-20-18-47(19-21-52)25-30(26-47)27-51-22-23-53-35(28-51)29-58-46-41(53)16-14-40(49-46)44(56)48-39-15-17-42(55)50-45(39)57/h1-7,9-11,13-14,16,24,30,35,37,39,43,54H,8,12,15,17-23,25-29H2,(H,48,56)(H,50,55,57)/t35-,37-,39+,43+/m1/s1. The van der Waals surface area contributed by atoms with Crippen molar-refractivity contribution < 1.29 is 24.2 Å². The van der Waals surface area contributed by atoms with E-state index in [1.54, 1.807) is 6.07 Å². The molecule has 5 heterocycles. The number of hydrogen-bond donors (Lipinski definition) is 3. The van der Waals surface area contributed by atoms with E-state index in [-0.39, 0.29) is 36.4 Å². The van der Waals surface area contributed by atoms with Crippen LogP contribution in [0.25, 0.3) is 0 Å². The van der Waals surface area contributed by atoms with Gasteiger partial charge in [-0.05, 0) is 121 Å². The van der Waals surface area contributed by atoms with Gasteiger partial charge >= 0.3 is 0 Å². The van der Waals surface area contributed by atoms with Crippen LogP contribution < -0.4 is 25.2 Å². The van der Waals surface area contributed by atoms with E-state index in [0.717, 1.165) is 63.7 Å². The molecule has 0 unspecified atom stereocenters. The maximum Gasteiger partial charge on any atom is 0.270 e. The highest BCUT2D eigenvalue weighted by molar-refractivity contribution is 6.03. The second-order valence-corrected chi connectivity index (χ2v) is 17.7. The Balaban J connectivity index is 0.712. The SMILES string of the molecule is O=C1CC[C@H](NC(=O)c2ccc3c(n2)OC[C@H]2CN(CC4CC5(CCN(c6ccc([C@@H]7c8ccc(O)cc8CC[C@@H]7c7ccccc7)cc6)CC5)C4)CCN32)C(=O)N1. The van der Waals surface area contributed by atoms with E-state index in [4.69, 9.17) is 4.74 Å². The molecule has 1 aromatic heterocycles. The fourth-order valence-corrected chi connectivity index (χ4v) is 11.1. The number of hydrogen-bond acceptors (Lipinski definition) is 9. The van der Waals surface area contributed by atoms with E-state index in [1.165, 1.54) is 53.6 Å². The van der Waals surface area contributed by atoms with Crippen LogP contribution in [0.5, 0.6) is 11.6 Å². The van der Waals surface area contributed by atoms with Gasteiger partial charge in [0.15, 0.2) is 0 Å². The van der Waals surface area contributed by atoms with E-state index in [2.05, 4.69) is 91.0 Å². The number of carbonyl (C=O) groups is 3. The highest BCUT2D eigenvalue weighted by Gasteiger charge is 2.47. The van der Waals surface area contributed by atoms with Gasteiger partial charge in [-0.15, -0.1) is 0 Å². The number of nitrogens with zero attached hydrogens (tertiary/aromatic N) is 4. The number of piperidine rings is 2. The highest BCUT2D eigenvalue weighted by Crippen LogP contribution is 2.53. The van der Waals surface area contributed by atoms with Crippen molar-refractivity contribution in [2.75, 3.05) is 55.7 Å². The molecule has 10 rings (SSSR count). The number of ether oxygens (including phenoxy) is 1. The summed E-state index contributed by atoms with van der Waals surface area (Å²) in [5.41, 5.74) is 8.26. The third-order valence-corrected chi connectivity index (χ3v) is 14.1. The van der Waals surface area contributed by atoms with Crippen LogP contribution in [0.2, 0.25) is 0 Å². The topological polar surface area (TPSA) is 127 Å². The second-order valence-electron chi connectivity index (χ2n) is 17.7. The van der Waals surface area contributed by atoms with Gasteiger partial charge in [0.25, 0.3) is 5.91 Å². The molecule has 3 saturated heterocycles.